The van der Waals surface area contributed by atoms with Crippen LogP contribution >= 0.6 is 0 Å². The summed E-state index contributed by atoms with van der Waals surface area (Å²) in [4.78, 5) is 11.5. The first-order chi connectivity index (χ1) is 9.80. The van der Waals surface area contributed by atoms with E-state index in [2.05, 4.69) is 5.32 Å². The molecule has 0 unspecified atom stereocenters. The lowest BCUT2D eigenvalue weighted by atomic mass is 10.1. The lowest BCUT2D eigenvalue weighted by molar-refractivity contribution is -0.123. The van der Waals surface area contributed by atoms with Crippen molar-refractivity contribution < 1.29 is 13.2 Å². The van der Waals surface area contributed by atoms with Crippen molar-refractivity contribution in [3.05, 3.63) is 35.9 Å². The minimum atomic E-state index is -3.27. The van der Waals surface area contributed by atoms with Crippen LogP contribution in [0.3, 0.4) is 0 Å². The van der Waals surface area contributed by atoms with E-state index < -0.39 is 10.0 Å². The zero-order valence-corrected chi connectivity index (χ0v) is 13.7. The highest BCUT2D eigenvalue weighted by molar-refractivity contribution is 7.88. The van der Waals surface area contributed by atoms with Gasteiger partial charge in [-0.3, -0.25) is 4.79 Å². The summed E-state index contributed by atoms with van der Waals surface area (Å²) in [5.41, 5.74) is 1.09. The van der Waals surface area contributed by atoms with Crippen molar-refractivity contribution in [3.63, 3.8) is 0 Å². The van der Waals surface area contributed by atoms with Crippen molar-refractivity contribution in [2.45, 2.75) is 20.3 Å². The van der Waals surface area contributed by atoms with Gasteiger partial charge in [-0.2, -0.15) is 0 Å². The monoisotopic (exact) mass is 312 g/mol. The second-order valence-electron chi connectivity index (χ2n) is 5.34. The van der Waals surface area contributed by atoms with E-state index in [1.54, 1.807) is 13.8 Å². The summed E-state index contributed by atoms with van der Waals surface area (Å²) in [6, 6.07) is 9.74. The first-order valence-electron chi connectivity index (χ1n) is 7.07. The third-order valence-corrected chi connectivity index (χ3v) is 4.45. The smallest absolute Gasteiger partial charge is 0.222 e. The number of amides is 1. The topological polar surface area (TPSA) is 66.5 Å². The van der Waals surface area contributed by atoms with E-state index in [1.807, 2.05) is 30.3 Å². The van der Waals surface area contributed by atoms with Gasteiger partial charge in [0.05, 0.1) is 6.26 Å². The van der Waals surface area contributed by atoms with Crippen LogP contribution in [-0.2, 0) is 21.2 Å². The lowest BCUT2D eigenvalue weighted by Crippen LogP contribution is -2.40. The van der Waals surface area contributed by atoms with Gasteiger partial charge in [-0.1, -0.05) is 44.2 Å². The van der Waals surface area contributed by atoms with E-state index in [0.29, 0.717) is 26.1 Å². The SMILES string of the molecule is CC(C)C(=O)NCCN(CCc1ccccc1)S(C)(=O)=O. The van der Waals surface area contributed by atoms with Gasteiger partial charge in [-0.15, -0.1) is 0 Å². The molecule has 0 atom stereocenters. The fraction of sp³-hybridized carbons (Fsp3) is 0.533. The van der Waals surface area contributed by atoms with E-state index in [0.717, 1.165) is 5.56 Å². The first kappa shape index (κ1) is 17.7. The molecule has 0 aromatic heterocycles. The Hall–Kier alpha value is -1.40. The summed E-state index contributed by atoms with van der Waals surface area (Å²) in [5.74, 6) is -0.160. The van der Waals surface area contributed by atoms with Crippen LogP contribution in [0.1, 0.15) is 19.4 Å². The average Bonchev–Trinajstić information content (AvgIpc) is 2.41. The fourth-order valence-corrected chi connectivity index (χ4v) is 2.70. The van der Waals surface area contributed by atoms with Crippen LogP contribution in [-0.4, -0.2) is 44.5 Å². The van der Waals surface area contributed by atoms with Crippen molar-refractivity contribution in [1.82, 2.24) is 9.62 Å². The van der Waals surface area contributed by atoms with Crippen molar-refractivity contribution in [2.75, 3.05) is 25.9 Å². The summed E-state index contributed by atoms with van der Waals surface area (Å²) < 4.78 is 25.0. The molecule has 0 radical (unpaired) electrons. The number of nitrogens with zero attached hydrogens (tertiary/aromatic N) is 1. The number of nitrogens with one attached hydrogen (secondary N) is 1. The Morgan fingerprint density at radius 1 is 1.19 bits per heavy atom. The zero-order valence-electron chi connectivity index (χ0n) is 12.9. The molecule has 6 heteroatoms. The summed E-state index contributed by atoms with van der Waals surface area (Å²) in [7, 11) is -3.27. The molecule has 0 aliphatic rings. The number of rotatable bonds is 8. The molecule has 1 amide bonds. The summed E-state index contributed by atoms with van der Waals surface area (Å²) in [6.45, 7) is 4.65. The number of carbonyl (C=O) groups is 1. The molecule has 0 aliphatic heterocycles. The van der Waals surface area contributed by atoms with Gasteiger partial charge >= 0.3 is 0 Å². The number of benzene rings is 1. The van der Waals surface area contributed by atoms with Gasteiger partial charge in [0.25, 0.3) is 0 Å². The molecular weight excluding hydrogens is 288 g/mol. The third-order valence-electron chi connectivity index (χ3n) is 3.15. The summed E-state index contributed by atoms with van der Waals surface area (Å²) in [6.07, 6.45) is 1.86. The molecule has 0 aliphatic carbocycles. The molecule has 0 heterocycles. The standard InChI is InChI=1S/C15H24N2O3S/c1-13(2)15(18)16-10-12-17(21(3,19)20)11-9-14-7-5-4-6-8-14/h4-8,13H,9-12H2,1-3H3,(H,16,18). The molecule has 1 aromatic rings. The van der Waals surface area contributed by atoms with Crippen LogP contribution in [0, 0.1) is 5.92 Å². The van der Waals surface area contributed by atoms with Crippen LogP contribution in [0.25, 0.3) is 0 Å². The van der Waals surface area contributed by atoms with Crippen molar-refractivity contribution in [3.8, 4) is 0 Å². The molecule has 118 valence electrons. The Kier molecular flexibility index (Phi) is 6.84. The van der Waals surface area contributed by atoms with Crippen LogP contribution in [0.2, 0.25) is 0 Å². The first-order valence-corrected chi connectivity index (χ1v) is 8.92. The molecule has 0 spiro atoms. The second kappa shape index (κ2) is 8.14. The van der Waals surface area contributed by atoms with Crippen molar-refractivity contribution in [1.29, 1.82) is 0 Å². The van der Waals surface area contributed by atoms with Crippen molar-refractivity contribution in [2.24, 2.45) is 5.92 Å². The number of hydrogen-bond donors (Lipinski definition) is 1. The predicted octanol–water partition coefficient (Wildman–Crippen LogP) is 1.26. The minimum Gasteiger partial charge on any atom is -0.355 e. The lowest BCUT2D eigenvalue weighted by Gasteiger charge is -2.20. The van der Waals surface area contributed by atoms with E-state index in [-0.39, 0.29) is 11.8 Å². The van der Waals surface area contributed by atoms with E-state index in [9.17, 15) is 13.2 Å². The molecule has 0 fully saturated rings. The van der Waals surface area contributed by atoms with Gasteiger partial charge in [0, 0.05) is 25.6 Å². The van der Waals surface area contributed by atoms with E-state index >= 15 is 0 Å². The van der Waals surface area contributed by atoms with Crippen LogP contribution in [0.4, 0.5) is 0 Å². The normalized spacial score (nSPS) is 11.9. The maximum absolute atomic E-state index is 11.8. The molecule has 21 heavy (non-hydrogen) atoms. The van der Waals surface area contributed by atoms with Gasteiger partial charge in [0.2, 0.25) is 15.9 Å². The Labute approximate surface area is 127 Å². The Morgan fingerprint density at radius 2 is 1.81 bits per heavy atom. The largest absolute Gasteiger partial charge is 0.355 e. The molecule has 5 nitrogen and oxygen atoms in total. The molecular formula is C15H24N2O3S. The van der Waals surface area contributed by atoms with Gasteiger partial charge in [-0.25, -0.2) is 12.7 Å². The van der Waals surface area contributed by atoms with Crippen LogP contribution in [0.5, 0.6) is 0 Å². The molecule has 1 rings (SSSR count). The van der Waals surface area contributed by atoms with Gasteiger partial charge in [0.1, 0.15) is 0 Å². The minimum absolute atomic E-state index is 0.0634. The molecule has 0 saturated carbocycles. The van der Waals surface area contributed by atoms with Gasteiger partial charge in [0.15, 0.2) is 0 Å². The van der Waals surface area contributed by atoms with Gasteiger partial charge < -0.3 is 5.32 Å². The maximum Gasteiger partial charge on any atom is 0.222 e. The van der Waals surface area contributed by atoms with E-state index in [4.69, 9.17) is 0 Å². The molecule has 1 aromatic carbocycles. The second-order valence-corrected chi connectivity index (χ2v) is 7.33. The Bertz CT molecular complexity index is 541. The quantitative estimate of drug-likeness (QED) is 0.786. The molecule has 0 bridgehead atoms. The summed E-state index contributed by atoms with van der Waals surface area (Å²) >= 11 is 0. The maximum atomic E-state index is 11.8. The van der Waals surface area contributed by atoms with E-state index in [1.165, 1.54) is 10.6 Å². The highest BCUT2D eigenvalue weighted by Gasteiger charge is 2.16. The number of carbonyl (C=O) groups excluding carboxylic acids is 1. The summed E-state index contributed by atoms with van der Waals surface area (Å²) in [5, 5.41) is 2.74. The Balaban J connectivity index is 2.51. The highest BCUT2D eigenvalue weighted by atomic mass is 32.2. The van der Waals surface area contributed by atoms with Crippen molar-refractivity contribution >= 4 is 15.9 Å². The zero-order chi connectivity index (χ0) is 15.9. The van der Waals surface area contributed by atoms with Gasteiger partial charge in [-0.05, 0) is 12.0 Å². The Morgan fingerprint density at radius 3 is 2.33 bits per heavy atom. The highest BCUT2D eigenvalue weighted by Crippen LogP contribution is 2.04. The predicted molar refractivity (Wildman–Crippen MR) is 84.4 cm³/mol. The molecule has 0 saturated heterocycles. The van der Waals surface area contributed by atoms with Crippen LogP contribution < -0.4 is 5.32 Å². The fourth-order valence-electron chi connectivity index (χ4n) is 1.85. The third kappa shape index (κ3) is 6.73. The number of hydrogen-bond acceptors (Lipinski definition) is 3. The molecule has 1 N–H and O–H groups in total. The number of sulfonamides is 1. The van der Waals surface area contributed by atoms with Crippen LogP contribution in [0.15, 0.2) is 30.3 Å². The average molecular weight is 312 g/mol.